The summed E-state index contributed by atoms with van der Waals surface area (Å²) < 4.78 is 22.9. The number of carbonyl (C=O) groups excluding carboxylic acids is 2. The van der Waals surface area contributed by atoms with Crippen LogP contribution in [-0.2, 0) is 28.5 Å². The molecule has 0 aromatic heterocycles. The summed E-state index contributed by atoms with van der Waals surface area (Å²) in [6.45, 7) is 14.9. The number of ether oxygens (including phenoxy) is 4. The van der Waals surface area contributed by atoms with Gasteiger partial charge in [-0.15, -0.1) is 0 Å². The van der Waals surface area contributed by atoms with Crippen LogP contribution in [0.15, 0.2) is 36.5 Å². The van der Waals surface area contributed by atoms with Crippen molar-refractivity contribution in [3.05, 3.63) is 36.5 Å². The van der Waals surface area contributed by atoms with E-state index >= 15 is 0 Å². The zero-order valence-electron chi connectivity index (χ0n) is 19.8. The van der Waals surface area contributed by atoms with Gasteiger partial charge in [-0.1, -0.05) is 38.7 Å². The highest BCUT2D eigenvalue weighted by molar-refractivity contribution is 5.67. The minimum Gasteiger partial charge on any atom is -0.458 e. The normalized spacial score (nSPS) is 40.5. The summed E-state index contributed by atoms with van der Waals surface area (Å²) in [6, 6.07) is 0. The topological polar surface area (TPSA) is 91.3 Å². The van der Waals surface area contributed by atoms with E-state index in [4.69, 9.17) is 18.9 Å². The Morgan fingerprint density at radius 1 is 1.28 bits per heavy atom. The smallest absolute Gasteiger partial charge is 0.304 e. The number of aliphatic hydroxyl groups excluding tert-OH is 1. The zero-order valence-corrected chi connectivity index (χ0v) is 19.8. The van der Waals surface area contributed by atoms with Crippen LogP contribution in [0.1, 0.15) is 53.4 Å². The molecule has 3 aliphatic rings. The molecule has 2 aliphatic carbocycles. The molecule has 2 fully saturated rings. The van der Waals surface area contributed by atoms with E-state index in [9.17, 15) is 14.7 Å². The molecule has 3 rings (SSSR count). The summed E-state index contributed by atoms with van der Waals surface area (Å²) in [7, 11) is 1.50. The van der Waals surface area contributed by atoms with E-state index in [1.54, 1.807) is 6.08 Å². The predicted octanol–water partition coefficient (Wildman–Crippen LogP) is 3.67. The Bertz CT molecular complexity index is 817. The molecule has 178 valence electrons. The summed E-state index contributed by atoms with van der Waals surface area (Å²) in [6.07, 6.45) is 3.01. The van der Waals surface area contributed by atoms with E-state index in [1.165, 1.54) is 21.0 Å². The van der Waals surface area contributed by atoms with Gasteiger partial charge in [0.1, 0.15) is 6.10 Å². The number of aliphatic hydroxyl groups is 1. The fourth-order valence-corrected chi connectivity index (χ4v) is 6.17. The van der Waals surface area contributed by atoms with Gasteiger partial charge in [0.25, 0.3) is 0 Å². The van der Waals surface area contributed by atoms with Crippen molar-refractivity contribution in [2.45, 2.75) is 78.2 Å². The van der Waals surface area contributed by atoms with E-state index in [-0.39, 0.29) is 23.2 Å². The fraction of sp³-hybridized carbons (Fsp3) is 0.680. The van der Waals surface area contributed by atoms with Crippen molar-refractivity contribution in [2.24, 2.45) is 22.7 Å². The maximum absolute atomic E-state index is 12.0. The first-order valence-corrected chi connectivity index (χ1v) is 11.2. The van der Waals surface area contributed by atoms with Gasteiger partial charge in [-0.05, 0) is 49.0 Å². The summed E-state index contributed by atoms with van der Waals surface area (Å²) in [5.41, 5.74) is 0.352. The van der Waals surface area contributed by atoms with Crippen LogP contribution < -0.4 is 0 Å². The molecule has 0 amide bonds. The number of hydrogen-bond acceptors (Lipinski definition) is 7. The second-order valence-corrected chi connectivity index (χ2v) is 9.66. The molecule has 1 saturated carbocycles. The molecule has 8 atom stereocenters. The van der Waals surface area contributed by atoms with Crippen molar-refractivity contribution in [3.8, 4) is 0 Å². The van der Waals surface area contributed by atoms with Crippen molar-refractivity contribution in [3.63, 3.8) is 0 Å². The number of carbonyl (C=O) groups is 2. The molecule has 1 aliphatic heterocycles. The van der Waals surface area contributed by atoms with Crippen LogP contribution in [0.3, 0.4) is 0 Å². The molecular formula is C25H36O7. The Hall–Kier alpha value is -1.96. The Morgan fingerprint density at radius 3 is 2.50 bits per heavy atom. The minimum absolute atomic E-state index is 0.155. The molecule has 1 N–H and O–H groups in total. The van der Waals surface area contributed by atoms with Gasteiger partial charge in [-0.25, -0.2) is 0 Å². The second-order valence-electron chi connectivity index (χ2n) is 9.66. The number of rotatable bonds is 7. The average Bonchev–Trinajstić information content (AvgIpc) is 3.03. The maximum atomic E-state index is 12.0. The van der Waals surface area contributed by atoms with E-state index in [0.29, 0.717) is 18.4 Å². The molecule has 0 aromatic rings. The average molecular weight is 449 g/mol. The lowest BCUT2D eigenvalue weighted by molar-refractivity contribution is -0.254. The van der Waals surface area contributed by atoms with Crippen LogP contribution in [-0.4, -0.2) is 48.9 Å². The third-order valence-electron chi connectivity index (χ3n) is 7.93. The molecule has 7 heteroatoms. The Balaban J connectivity index is 2.17. The first-order chi connectivity index (χ1) is 15.0. The highest BCUT2D eigenvalue weighted by atomic mass is 16.8. The van der Waals surface area contributed by atoms with Gasteiger partial charge in [0, 0.05) is 26.5 Å². The molecule has 0 radical (unpaired) electrons. The van der Waals surface area contributed by atoms with Gasteiger partial charge in [0.2, 0.25) is 6.29 Å². The van der Waals surface area contributed by atoms with Gasteiger partial charge in [-0.2, -0.15) is 0 Å². The highest BCUT2D eigenvalue weighted by Crippen LogP contribution is 2.67. The highest BCUT2D eigenvalue weighted by Gasteiger charge is 2.70. The Kier molecular flexibility index (Phi) is 7.03. The lowest BCUT2D eigenvalue weighted by Gasteiger charge is -2.60. The van der Waals surface area contributed by atoms with Gasteiger partial charge in [0.05, 0.1) is 11.5 Å². The monoisotopic (exact) mass is 448 g/mol. The first kappa shape index (κ1) is 24.7. The third kappa shape index (κ3) is 3.95. The van der Waals surface area contributed by atoms with Crippen LogP contribution in [0.2, 0.25) is 0 Å². The van der Waals surface area contributed by atoms with Gasteiger partial charge >= 0.3 is 11.9 Å². The zero-order chi connectivity index (χ0) is 23.8. The number of esters is 2. The molecule has 32 heavy (non-hydrogen) atoms. The summed E-state index contributed by atoms with van der Waals surface area (Å²) in [5.74, 6) is -0.910. The lowest BCUT2D eigenvalue weighted by atomic mass is 9.45. The van der Waals surface area contributed by atoms with Crippen molar-refractivity contribution in [1.82, 2.24) is 0 Å². The molecule has 1 spiro atoms. The number of allylic oxidation sites excluding steroid dienone is 2. The van der Waals surface area contributed by atoms with Crippen molar-refractivity contribution in [1.29, 1.82) is 0 Å². The van der Waals surface area contributed by atoms with Crippen LogP contribution in [0.25, 0.3) is 0 Å². The van der Waals surface area contributed by atoms with Crippen molar-refractivity contribution in [2.75, 3.05) is 7.11 Å². The van der Waals surface area contributed by atoms with Crippen LogP contribution in [0.4, 0.5) is 0 Å². The second kappa shape index (κ2) is 9.12. The molecule has 1 heterocycles. The SMILES string of the molecule is C=CC(=C)CC[C@]1(C)[C@H]2C[C@H](OC(C)=O)C=C3[C@H](OC)O[C@H](OC(C)=O)[C@@]32[C@@H](O)C[C@@H]1C. The lowest BCUT2D eigenvalue weighted by Crippen LogP contribution is -2.63. The first-order valence-electron chi connectivity index (χ1n) is 11.2. The van der Waals surface area contributed by atoms with Crippen LogP contribution in [0.5, 0.6) is 0 Å². The standard InChI is InChI=1S/C25H36O7/c1-8-14(2)9-10-24(6)15(3)11-21(28)25-19(12-18(13-20(24)25)30-16(4)26)22(29-7)32-23(25)31-17(5)27/h8,12,15,18,20-23,28H,1-2,9-11,13H2,3-7H3/t15-,18+,20+,21-,22+,23-,24-,25-/m0/s1. The summed E-state index contributed by atoms with van der Waals surface area (Å²) >= 11 is 0. The largest absolute Gasteiger partial charge is 0.458 e. The van der Waals surface area contributed by atoms with E-state index in [1.807, 2.05) is 6.08 Å². The molecule has 0 bridgehead atoms. The minimum atomic E-state index is -0.996. The maximum Gasteiger partial charge on any atom is 0.304 e. The number of hydrogen-bond donors (Lipinski definition) is 1. The third-order valence-corrected chi connectivity index (χ3v) is 7.93. The summed E-state index contributed by atoms with van der Waals surface area (Å²) in [4.78, 5) is 23.8. The van der Waals surface area contributed by atoms with E-state index < -0.39 is 36.2 Å². The molecule has 0 aromatic carbocycles. The van der Waals surface area contributed by atoms with Crippen molar-refractivity contribution >= 4 is 11.9 Å². The molecule has 1 saturated heterocycles. The quantitative estimate of drug-likeness (QED) is 0.361. The van der Waals surface area contributed by atoms with Crippen molar-refractivity contribution < 1.29 is 33.6 Å². The van der Waals surface area contributed by atoms with Gasteiger partial charge < -0.3 is 24.1 Å². The fourth-order valence-electron chi connectivity index (χ4n) is 6.17. The molecular weight excluding hydrogens is 412 g/mol. The van der Waals surface area contributed by atoms with E-state index in [2.05, 4.69) is 27.0 Å². The number of methoxy groups -OCH3 is 1. The van der Waals surface area contributed by atoms with Gasteiger partial charge in [0.15, 0.2) is 6.29 Å². The van der Waals surface area contributed by atoms with Gasteiger partial charge in [-0.3, -0.25) is 9.59 Å². The van der Waals surface area contributed by atoms with Crippen LogP contribution in [0, 0.1) is 22.7 Å². The Labute approximate surface area is 190 Å². The van der Waals surface area contributed by atoms with E-state index in [0.717, 1.165) is 18.4 Å². The predicted molar refractivity (Wildman–Crippen MR) is 118 cm³/mol. The molecule has 7 nitrogen and oxygen atoms in total. The summed E-state index contributed by atoms with van der Waals surface area (Å²) in [5, 5.41) is 11.5. The van der Waals surface area contributed by atoms with Crippen LogP contribution >= 0.6 is 0 Å². The Morgan fingerprint density at radius 2 is 1.94 bits per heavy atom. The molecule has 0 unspecified atom stereocenters.